The SMILES string of the molecule is O=C(COc1ccc([N+](=O)[O-])cc1Cl)Nc1ccc(Cl)cc1C(F)(F)F. The van der Waals surface area contributed by atoms with Crippen molar-refractivity contribution in [2.24, 2.45) is 0 Å². The van der Waals surface area contributed by atoms with Crippen molar-refractivity contribution in [2.75, 3.05) is 11.9 Å². The van der Waals surface area contributed by atoms with E-state index in [1.54, 1.807) is 0 Å². The van der Waals surface area contributed by atoms with Crippen molar-refractivity contribution in [1.82, 2.24) is 0 Å². The predicted molar refractivity (Wildman–Crippen MR) is 88.7 cm³/mol. The van der Waals surface area contributed by atoms with E-state index in [1.165, 1.54) is 12.1 Å². The number of benzene rings is 2. The number of ether oxygens (including phenoxy) is 1. The number of hydrogen-bond acceptors (Lipinski definition) is 4. The summed E-state index contributed by atoms with van der Waals surface area (Å²) in [6.45, 7) is -0.655. The molecule has 11 heteroatoms. The largest absolute Gasteiger partial charge is 0.482 e. The second kappa shape index (κ2) is 7.79. The summed E-state index contributed by atoms with van der Waals surface area (Å²) in [5, 5.41) is 12.4. The Kier molecular flexibility index (Phi) is 5.94. The molecule has 0 aliphatic heterocycles. The highest BCUT2D eigenvalue weighted by molar-refractivity contribution is 6.32. The molecular weight excluding hydrogens is 400 g/mol. The van der Waals surface area contributed by atoms with Crippen LogP contribution in [0.15, 0.2) is 36.4 Å². The lowest BCUT2D eigenvalue weighted by molar-refractivity contribution is -0.384. The number of carbonyl (C=O) groups is 1. The molecular formula is C15H9Cl2F3N2O4. The highest BCUT2D eigenvalue weighted by Gasteiger charge is 2.34. The number of nitrogens with one attached hydrogen (secondary N) is 1. The molecule has 0 aliphatic rings. The number of non-ortho nitro benzene ring substituents is 1. The number of carbonyl (C=O) groups excluding carboxylic acids is 1. The molecule has 0 spiro atoms. The number of nitrogens with zero attached hydrogens (tertiary/aromatic N) is 1. The van der Waals surface area contributed by atoms with Crippen LogP contribution in [-0.4, -0.2) is 17.4 Å². The van der Waals surface area contributed by atoms with Crippen LogP contribution in [0.5, 0.6) is 5.75 Å². The van der Waals surface area contributed by atoms with Gasteiger partial charge in [-0.1, -0.05) is 23.2 Å². The van der Waals surface area contributed by atoms with Crippen LogP contribution in [0, 0.1) is 10.1 Å². The second-order valence-corrected chi connectivity index (χ2v) is 5.74. The Hall–Kier alpha value is -2.52. The minimum Gasteiger partial charge on any atom is -0.482 e. The van der Waals surface area contributed by atoms with Gasteiger partial charge < -0.3 is 10.1 Å². The summed E-state index contributed by atoms with van der Waals surface area (Å²) in [5.74, 6) is -0.910. The fourth-order valence-corrected chi connectivity index (χ4v) is 2.31. The lowest BCUT2D eigenvalue weighted by atomic mass is 10.1. The van der Waals surface area contributed by atoms with Gasteiger partial charge in [0.2, 0.25) is 0 Å². The van der Waals surface area contributed by atoms with Crippen LogP contribution in [-0.2, 0) is 11.0 Å². The van der Waals surface area contributed by atoms with Gasteiger partial charge >= 0.3 is 6.18 Å². The molecule has 0 unspecified atom stereocenters. The summed E-state index contributed by atoms with van der Waals surface area (Å²) >= 11 is 11.3. The van der Waals surface area contributed by atoms with Gasteiger partial charge in [-0.2, -0.15) is 13.2 Å². The number of halogens is 5. The zero-order valence-corrected chi connectivity index (χ0v) is 14.2. The van der Waals surface area contributed by atoms with E-state index in [4.69, 9.17) is 27.9 Å². The van der Waals surface area contributed by atoms with Crippen LogP contribution in [0.3, 0.4) is 0 Å². The third-order valence-corrected chi connectivity index (χ3v) is 3.58. The van der Waals surface area contributed by atoms with Gasteiger partial charge in [0.25, 0.3) is 11.6 Å². The van der Waals surface area contributed by atoms with Crippen molar-refractivity contribution in [3.05, 3.63) is 62.1 Å². The Balaban J connectivity index is 2.08. The van der Waals surface area contributed by atoms with Crippen molar-refractivity contribution >= 4 is 40.5 Å². The third kappa shape index (κ3) is 4.99. The van der Waals surface area contributed by atoms with Crippen molar-refractivity contribution in [1.29, 1.82) is 0 Å². The van der Waals surface area contributed by atoms with Crippen LogP contribution < -0.4 is 10.1 Å². The number of anilines is 1. The molecule has 0 atom stereocenters. The third-order valence-electron chi connectivity index (χ3n) is 3.05. The Morgan fingerprint density at radius 2 is 1.88 bits per heavy atom. The van der Waals surface area contributed by atoms with E-state index >= 15 is 0 Å². The average Bonchev–Trinajstić information content (AvgIpc) is 2.54. The predicted octanol–water partition coefficient (Wildman–Crippen LogP) is 4.94. The quantitative estimate of drug-likeness (QED) is 0.561. The van der Waals surface area contributed by atoms with Crippen molar-refractivity contribution in [3.63, 3.8) is 0 Å². The molecule has 2 rings (SSSR count). The van der Waals surface area contributed by atoms with Crippen molar-refractivity contribution in [3.8, 4) is 5.75 Å². The van der Waals surface area contributed by atoms with Crippen molar-refractivity contribution < 1.29 is 27.6 Å². The Morgan fingerprint density at radius 1 is 1.19 bits per heavy atom. The first-order valence-electron chi connectivity index (χ1n) is 6.81. The molecule has 138 valence electrons. The molecule has 0 bridgehead atoms. The minimum atomic E-state index is -4.71. The summed E-state index contributed by atoms with van der Waals surface area (Å²) in [7, 11) is 0. The van der Waals surface area contributed by atoms with E-state index in [0.717, 1.165) is 18.2 Å². The number of alkyl halides is 3. The van der Waals surface area contributed by atoms with Crippen LogP contribution in [0.1, 0.15) is 5.56 Å². The molecule has 1 N–H and O–H groups in total. The zero-order chi connectivity index (χ0) is 19.5. The smallest absolute Gasteiger partial charge is 0.418 e. The minimum absolute atomic E-state index is 0.0282. The maximum absolute atomic E-state index is 13.0. The van der Waals surface area contributed by atoms with Gasteiger partial charge in [-0.15, -0.1) is 0 Å². The summed E-state index contributed by atoms with van der Waals surface area (Å²) in [5.41, 5.74) is -1.86. The average molecular weight is 409 g/mol. The number of hydrogen-bond donors (Lipinski definition) is 1. The fraction of sp³-hybridized carbons (Fsp3) is 0.133. The van der Waals surface area contributed by atoms with Gasteiger partial charge in [0, 0.05) is 17.2 Å². The monoisotopic (exact) mass is 408 g/mol. The highest BCUT2D eigenvalue weighted by Crippen LogP contribution is 2.36. The van der Waals surface area contributed by atoms with Gasteiger partial charge in [0.15, 0.2) is 6.61 Å². The number of amides is 1. The van der Waals surface area contributed by atoms with E-state index in [1.807, 2.05) is 0 Å². The molecule has 2 aromatic rings. The van der Waals surface area contributed by atoms with E-state index in [-0.39, 0.29) is 21.5 Å². The highest BCUT2D eigenvalue weighted by atomic mass is 35.5. The summed E-state index contributed by atoms with van der Waals surface area (Å²) in [6.07, 6.45) is -4.71. The number of nitro benzene ring substituents is 1. The standard InChI is InChI=1S/C15H9Cl2F3N2O4/c16-8-1-3-12(10(5-8)15(18,19)20)21-14(23)7-26-13-4-2-9(22(24)25)6-11(13)17/h1-6H,7H2,(H,21,23). The molecule has 0 heterocycles. The van der Waals surface area contributed by atoms with E-state index in [9.17, 15) is 28.1 Å². The van der Waals surface area contributed by atoms with Gasteiger partial charge in [-0.25, -0.2) is 0 Å². The normalized spacial score (nSPS) is 11.1. The molecule has 0 radical (unpaired) electrons. The molecule has 1 amide bonds. The summed E-state index contributed by atoms with van der Waals surface area (Å²) in [6, 6.07) is 6.21. The van der Waals surface area contributed by atoms with Gasteiger partial charge in [0.1, 0.15) is 5.75 Å². The van der Waals surface area contributed by atoms with E-state index < -0.39 is 34.9 Å². The Bertz CT molecular complexity index is 859. The van der Waals surface area contributed by atoms with Crippen LogP contribution in [0.2, 0.25) is 10.0 Å². The summed E-state index contributed by atoms with van der Waals surface area (Å²) in [4.78, 5) is 21.8. The lowest BCUT2D eigenvalue weighted by Gasteiger charge is -2.14. The fourth-order valence-electron chi connectivity index (χ4n) is 1.91. The number of nitro groups is 1. The molecule has 0 aromatic heterocycles. The van der Waals surface area contributed by atoms with Crippen LogP contribution in [0.25, 0.3) is 0 Å². The first-order chi connectivity index (χ1) is 12.1. The van der Waals surface area contributed by atoms with Crippen LogP contribution >= 0.6 is 23.2 Å². The van der Waals surface area contributed by atoms with Gasteiger partial charge in [-0.3, -0.25) is 14.9 Å². The molecule has 0 aliphatic carbocycles. The van der Waals surface area contributed by atoms with E-state index in [2.05, 4.69) is 5.32 Å². The second-order valence-electron chi connectivity index (χ2n) is 4.90. The first kappa shape index (κ1) is 19.8. The lowest BCUT2D eigenvalue weighted by Crippen LogP contribution is -2.22. The molecule has 26 heavy (non-hydrogen) atoms. The number of rotatable bonds is 5. The van der Waals surface area contributed by atoms with Crippen molar-refractivity contribution in [2.45, 2.75) is 6.18 Å². The molecule has 0 saturated heterocycles. The van der Waals surface area contributed by atoms with Gasteiger partial charge in [-0.05, 0) is 24.3 Å². The summed E-state index contributed by atoms with van der Waals surface area (Å²) < 4.78 is 44.0. The molecule has 6 nitrogen and oxygen atoms in total. The first-order valence-corrected chi connectivity index (χ1v) is 7.57. The maximum Gasteiger partial charge on any atom is 0.418 e. The zero-order valence-electron chi connectivity index (χ0n) is 12.6. The van der Waals surface area contributed by atoms with E-state index in [0.29, 0.717) is 6.07 Å². The van der Waals surface area contributed by atoms with Crippen LogP contribution in [0.4, 0.5) is 24.5 Å². The molecule has 0 fully saturated rings. The Labute approximate surface area is 154 Å². The Morgan fingerprint density at radius 3 is 2.46 bits per heavy atom. The maximum atomic E-state index is 13.0. The van der Waals surface area contributed by atoms with Gasteiger partial charge in [0.05, 0.1) is 21.2 Å². The molecule has 2 aromatic carbocycles. The molecule has 0 saturated carbocycles. The topological polar surface area (TPSA) is 81.5 Å².